The van der Waals surface area contributed by atoms with Crippen molar-refractivity contribution in [2.45, 2.75) is 6.92 Å². The average molecular weight is 238 g/mol. The third kappa shape index (κ3) is 3.08. The van der Waals surface area contributed by atoms with Crippen molar-refractivity contribution in [2.75, 3.05) is 0 Å². The van der Waals surface area contributed by atoms with Gasteiger partial charge in [0.1, 0.15) is 0 Å². The Kier molecular flexibility index (Phi) is 3.58. The number of allylic oxidation sites excluding steroid dienone is 2. The lowest BCUT2D eigenvalue weighted by Gasteiger charge is -1.99. The van der Waals surface area contributed by atoms with E-state index >= 15 is 0 Å². The second-order valence-electron chi connectivity index (χ2n) is 4.17. The number of rotatable bonds is 3. The SMILES string of the molecule is CC(=C/C(=O)O)/C=C/c1ccc2ccccc2c1. The number of hydrogen-bond acceptors (Lipinski definition) is 1. The fourth-order valence-electron chi connectivity index (χ4n) is 1.78. The van der Waals surface area contributed by atoms with Crippen LogP contribution in [0, 0.1) is 0 Å². The van der Waals surface area contributed by atoms with Crippen molar-refractivity contribution < 1.29 is 9.90 Å². The highest BCUT2D eigenvalue weighted by molar-refractivity contribution is 5.85. The molecule has 2 nitrogen and oxygen atoms in total. The first kappa shape index (κ1) is 12.1. The molecule has 0 amide bonds. The summed E-state index contributed by atoms with van der Waals surface area (Å²) in [7, 11) is 0. The van der Waals surface area contributed by atoms with E-state index in [0.717, 1.165) is 11.1 Å². The molecule has 2 aromatic carbocycles. The third-order valence-corrected chi connectivity index (χ3v) is 2.66. The summed E-state index contributed by atoms with van der Waals surface area (Å²) in [5.41, 5.74) is 1.78. The molecule has 0 saturated carbocycles. The summed E-state index contributed by atoms with van der Waals surface area (Å²) in [6.45, 7) is 1.77. The minimum Gasteiger partial charge on any atom is -0.478 e. The molecule has 0 aliphatic heterocycles. The summed E-state index contributed by atoms with van der Waals surface area (Å²) in [6, 6.07) is 14.3. The molecule has 2 rings (SSSR count). The summed E-state index contributed by atoms with van der Waals surface area (Å²) in [6.07, 6.45) is 4.91. The molecule has 0 atom stereocenters. The molecule has 0 aromatic heterocycles. The zero-order valence-electron chi connectivity index (χ0n) is 10.1. The minimum atomic E-state index is -0.921. The predicted molar refractivity (Wildman–Crippen MR) is 74.4 cm³/mol. The molecular weight excluding hydrogens is 224 g/mol. The first-order chi connectivity index (χ1) is 8.65. The van der Waals surface area contributed by atoms with Gasteiger partial charge in [0.2, 0.25) is 0 Å². The summed E-state index contributed by atoms with van der Waals surface area (Å²) in [4.78, 5) is 10.5. The quantitative estimate of drug-likeness (QED) is 0.650. The van der Waals surface area contributed by atoms with Gasteiger partial charge >= 0.3 is 5.97 Å². The predicted octanol–water partition coefficient (Wildman–Crippen LogP) is 3.88. The number of fused-ring (bicyclic) bond motifs is 1. The maximum Gasteiger partial charge on any atom is 0.328 e. The minimum absolute atomic E-state index is 0.718. The van der Waals surface area contributed by atoms with Gasteiger partial charge in [-0.1, -0.05) is 48.6 Å². The molecule has 1 N–H and O–H groups in total. The Morgan fingerprint density at radius 1 is 1.11 bits per heavy atom. The average Bonchev–Trinajstić information content (AvgIpc) is 2.35. The van der Waals surface area contributed by atoms with Crippen LogP contribution in [0.4, 0.5) is 0 Å². The molecular formula is C16H14O2. The van der Waals surface area contributed by atoms with Crippen molar-refractivity contribution in [3.63, 3.8) is 0 Å². The Morgan fingerprint density at radius 3 is 2.56 bits per heavy atom. The zero-order valence-corrected chi connectivity index (χ0v) is 10.1. The summed E-state index contributed by atoms with van der Waals surface area (Å²) >= 11 is 0. The lowest BCUT2D eigenvalue weighted by atomic mass is 10.1. The highest BCUT2D eigenvalue weighted by Crippen LogP contribution is 2.16. The second-order valence-corrected chi connectivity index (χ2v) is 4.17. The van der Waals surface area contributed by atoms with Gasteiger partial charge in [-0.25, -0.2) is 4.79 Å². The molecule has 18 heavy (non-hydrogen) atoms. The fourth-order valence-corrected chi connectivity index (χ4v) is 1.78. The maximum atomic E-state index is 10.5. The van der Waals surface area contributed by atoms with Gasteiger partial charge in [0, 0.05) is 6.08 Å². The molecule has 0 saturated heterocycles. The van der Waals surface area contributed by atoms with Crippen LogP contribution in [0.2, 0.25) is 0 Å². The van der Waals surface area contributed by atoms with Crippen LogP contribution < -0.4 is 0 Å². The van der Waals surface area contributed by atoms with Crippen molar-refractivity contribution >= 4 is 22.8 Å². The van der Waals surface area contributed by atoms with Gasteiger partial charge in [-0.15, -0.1) is 0 Å². The maximum absolute atomic E-state index is 10.5. The Hall–Kier alpha value is -2.35. The van der Waals surface area contributed by atoms with Gasteiger partial charge in [-0.3, -0.25) is 0 Å². The Labute approximate surface area is 106 Å². The van der Waals surface area contributed by atoms with Gasteiger partial charge in [0.15, 0.2) is 0 Å². The van der Waals surface area contributed by atoms with Crippen molar-refractivity contribution in [1.29, 1.82) is 0 Å². The van der Waals surface area contributed by atoms with Gasteiger partial charge in [-0.05, 0) is 34.9 Å². The number of carboxylic acids is 1. The van der Waals surface area contributed by atoms with Crippen molar-refractivity contribution in [2.24, 2.45) is 0 Å². The number of carbonyl (C=O) groups is 1. The molecule has 2 aromatic rings. The number of carboxylic acid groups (broad SMARTS) is 1. The van der Waals surface area contributed by atoms with E-state index in [0.29, 0.717) is 0 Å². The van der Waals surface area contributed by atoms with E-state index in [-0.39, 0.29) is 0 Å². The topological polar surface area (TPSA) is 37.3 Å². The molecule has 0 aliphatic rings. The van der Waals surface area contributed by atoms with Crippen LogP contribution in [-0.4, -0.2) is 11.1 Å². The van der Waals surface area contributed by atoms with E-state index in [1.54, 1.807) is 13.0 Å². The van der Waals surface area contributed by atoms with E-state index in [9.17, 15) is 4.79 Å². The third-order valence-electron chi connectivity index (χ3n) is 2.66. The standard InChI is InChI=1S/C16H14O2/c1-12(10-16(17)18)6-7-13-8-9-14-4-2-3-5-15(14)11-13/h2-11H,1H3,(H,17,18)/b7-6+,12-10-. The molecule has 0 bridgehead atoms. The smallest absolute Gasteiger partial charge is 0.328 e. The van der Waals surface area contributed by atoms with Crippen LogP contribution in [0.5, 0.6) is 0 Å². The van der Waals surface area contributed by atoms with Gasteiger partial charge in [-0.2, -0.15) is 0 Å². The number of aliphatic carboxylic acids is 1. The molecule has 90 valence electrons. The first-order valence-corrected chi connectivity index (χ1v) is 5.73. The lowest BCUT2D eigenvalue weighted by molar-refractivity contribution is -0.131. The molecule has 0 unspecified atom stereocenters. The highest BCUT2D eigenvalue weighted by atomic mass is 16.4. The van der Waals surface area contributed by atoms with Gasteiger partial charge in [0.05, 0.1) is 0 Å². The second kappa shape index (κ2) is 5.32. The molecule has 0 spiro atoms. The van der Waals surface area contributed by atoms with E-state index in [4.69, 9.17) is 5.11 Å². The normalized spacial score (nSPS) is 12.2. The Morgan fingerprint density at radius 2 is 1.83 bits per heavy atom. The first-order valence-electron chi connectivity index (χ1n) is 5.73. The molecule has 0 radical (unpaired) electrons. The van der Waals surface area contributed by atoms with Gasteiger partial charge in [0.25, 0.3) is 0 Å². The van der Waals surface area contributed by atoms with Crippen molar-refractivity contribution in [3.8, 4) is 0 Å². The largest absolute Gasteiger partial charge is 0.478 e. The van der Waals surface area contributed by atoms with Crippen LogP contribution in [-0.2, 0) is 4.79 Å². The van der Waals surface area contributed by atoms with Crippen LogP contribution in [0.3, 0.4) is 0 Å². The summed E-state index contributed by atoms with van der Waals surface area (Å²) < 4.78 is 0. The van der Waals surface area contributed by atoms with E-state index in [1.165, 1.54) is 16.8 Å². The molecule has 0 heterocycles. The van der Waals surface area contributed by atoms with Gasteiger partial charge < -0.3 is 5.11 Å². The van der Waals surface area contributed by atoms with Crippen molar-refractivity contribution in [1.82, 2.24) is 0 Å². The van der Waals surface area contributed by atoms with Crippen LogP contribution >= 0.6 is 0 Å². The lowest BCUT2D eigenvalue weighted by Crippen LogP contribution is -1.87. The molecule has 0 fully saturated rings. The van der Waals surface area contributed by atoms with Crippen molar-refractivity contribution in [3.05, 3.63) is 65.8 Å². The summed E-state index contributed by atoms with van der Waals surface area (Å²) in [5.74, 6) is -0.921. The van der Waals surface area contributed by atoms with E-state index in [2.05, 4.69) is 24.3 Å². The Bertz CT molecular complexity index is 636. The van der Waals surface area contributed by atoms with E-state index < -0.39 is 5.97 Å². The molecule has 2 heteroatoms. The summed E-state index contributed by atoms with van der Waals surface area (Å²) in [5, 5.41) is 11.0. The number of hydrogen-bond donors (Lipinski definition) is 1. The monoisotopic (exact) mass is 238 g/mol. The number of benzene rings is 2. The molecule has 0 aliphatic carbocycles. The zero-order chi connectivity index (χ0) is 13.0. The fraction of sp³-hybridized carbons (Fsp3) is 0.0625. The van der Waals surface area contributed by atoms with Crippen LogP contribution in [0.1, 0.15) is 12.5 Å². The van der Waals surface area contributed by atoms with Crippen LogP contribution in [0.15, 0.2) is 60.2 Å². The van der Waals surface area contributed by atoms with Crippen LogP contribution in [0.25, 0.3) is 16.8 Å². The Balaban J connectivity index is 2.27. The van der Waals surface area contributed by atoms with E-state index in [1.807, 2.05) is 24.3 Å². The highest BCUT2D eigenvalue weighted by Gasteiger charge is 1.93.